The van der Waals surface area contributed by atoms with Gasteiger partial charge in [-0.3, -0.25) is 4.79 Å². The largest absolute Gasteiger partial charge is 0.338 e. The molecular weight excluding hydrogens is 326 g/mol. The number of carbonyl (C=O) groups is 2. The molecule has 2 N–H and O–H groups in total. The Morgan fingerprint density at radius 2 is 1.96 bits per heavy atom. The lowest BCUT2D eigenvalue weighted by molar-refractivity contribution is -0.117. The van der Waals surface area contributed by atoms with Crippen LogP contribution in [0.4, 0.5) is 16.2 Å². The molecule has 0 radical (unpaired) electrons. The first-order chi connectivity index (χ1) is 11.6. The quantitative estimate of drug-likeness (QED) is 0.892. The lowest BCUT2D eigenvalue weighted by Gasteiger charge is -2.17. The van der Waals surface area contributed by atoms with Crippen LogP contribution in [0.2, 0.25) is 5.02 Å². The van der Waals surface area contributed by atoms with Gasteiger partial charge in [0.25, 0.3) is 0 Å². The molecule has 0 bridgehead atoms. The van der Waals surface area contributed by atoms with Gasteiger partial charge in [-0.25, -0.2) is 4.79 Å². The van der Waals surface area contributed by atoms with E-state index < -0.39 is 0 Å². The average molecular weight is 344 g/mol. The van der Waals surface area contributed by atoms with Crippen LogP contribution in [-0.4, -0.2) is 25.0 Å². The SMILES string of the molecule is O=C(NCC1CC(=O)N(c2ccccc2)C1)Nc1cccc(Cl)c1. The third-order valence-corrected chi connectivity index (χ3v) is 4.14. The van der Waals surface area contributed by atoms with Gasteiger partial charge in [-0.1, -0.05) is 35.9 Å². The molecule has 1 heterocycles. The van der Waals surface area contributed by atoms with Crippen molar-refractivity contribution in [1.29, 1.82) is 0 Å². The zero-order chi connectivity index (χ0) is 16.9. The first-order valence-electron chi connectivity index (χ1n) is 7.77. The minimum absolute atomic E-state index is 0.0863. The molecule has 24 heavy (non-hydrogen) atoms. The van der Waals surface area contributed by atoms with Gasteiger partial charge in [0.15, 0.2) is 0 Å². The van der Waals surface area contributed by atoms with E-state index in [2.05, 4.69) is 10.6 Å². The topological polar surface area (TPSA) is 61.4 Å². The minimum atomic E-state index is -0.303. The maximum absolute atomic E-state index is 12.1. The van der Waals surface area contributed by atoms with Gasteiger partial charge >= 0.3 is 6.03 Å². The highest BCUT2D eigenvalue weighted by Crippen LogP contribution is 2.24. The summed E-state index contributed by atoms with van der Waals surface area (Å²) in [4.78, 5) is 25.9. The van der Waals surface area contributed by atoms with Crippen molar-refractivity contribution in [2.75, 3.05) is 23.3 Å². The number of para-hydroxylation sites is 1. The Balaban J connectivity index is 1.50. The smallest absolute Gasteiger partial charge is 0.319 e. The summed E-state index contributed by atoms with van der Waals surface area (Å²) < 4.78 is 0. The fourth-order valence-corrected chi connectivity index (χ4v) is 2.94. The number of benzene rings is 2. The molecule has 0 aromatic heterocycles. The van der Waals surface area contributed by atoms with E-state index in [0.29, 0.717) is 30.2 Å². The molecule has 2 aromatic rings. The van der Waals surface area contributed by atoms with E-state index in [-0.39, 0.29) is 17.9 Å². The fraction of sp³-hybridized carbons (Fsp3) is 0.222. The summed E-state index contributed by atoms with van der Waals surface area (Å²) in [5.41, 5.74) is 1.53. The number of halogens is 1. The average Bonchev–Trinajstić information content (AvgIpc) is 2.95. The van der Waals surface area contributed by atoms with Crippen molar-refractivity contribution in [1.82, 2.24) is 5.32 Å². The van der Waals surface area contributed by atoms with E-state index in [9.17, 15) is 9.59 Å². The molecule has 0 aliphatic carbocycles. The Labute approximate surface area is 145 Å². The molecule has 1 atom stereocenters. The van der Waals surface area contributed by atoms with Crippen LogP contribution in [0.5, 0.6) is 0 Å². The number of amides is 3. The third-order valence-electron chi connectivity index (χ3n) is 3.91. The third kappa shape index (κ3) is 4.06. The number of nitrogens with one attached hydrogen (secondary N) is 2. The number of rotatable bonds is 4. The number of anilines is 2. The standard InChI is InChI=1S/C18H18ClN3O2/c19-14-5-4-6-15(10-14)21-18(24)20-11-13-9-17(23)22(12-13)16-7-2-1-3-8-16/h1-8,10,13H,9,11-12H2,(H2,20,21,24). The normalized spacial score (nSPS) is 17.0. The van der Waals surface area contributed by atoms with Crippen LogP contribution < -0.4 is 15.5 Å². The van der Waals surface area contributed by atoms with Crippen LogP contribution in [0.25, 0.3) is 0 Å². The second-order valence-electron chi connectivity index (χ2n) is 5.76. The van der Waals surface area contributed by atoms with Crippen molar-refractivity contribution in [3.63, 3.8) is 0 Å². The zero-order valence-electron chi connectivity index (χ0n) is 13.0. The van der Waals surface area contributed by atoms with E-state index in [0.717, 1.165) is 5.69 Å². The second-order valence-corrected chi connectivity index (χ2v) is 6.19. The van der Waals surface area contributed by atoms with Gasteiger partial charge in [-0.05, 0) is 30.3 Å². The predicted octanol–water partition coefficient (Wildman–Crippen LogP) is 3.51. The molecule has 1 unspecified atom stereocenters. The van der Waals surface area contributed by atoms with Crippen LogP contribution in [0, 0.1) is 5.92 Å². The number of urea groups is 1. The predicted molar refractivity (Wildman–Crippen MR) is 95.4 cm³/mol. The Kier molecular flexibility index (Phi) is 5.01. The molecule has 1 saturated heterocycles. The number of nitrogens with zero attached hydrogens (tertiary/aromatic N) is 1. The molecule has 6 heteroatoms. The van der Waals surface area contributed by atoms with E-state index in [1.165, 1.54) is 0 Å². The van der Waals surface area contributed by atoms with E-state index in [1.54, 1.807) is 29.2 Å². The van der Waals surface area contributed by atoms with E-state index >= 15 is 0 Å². The Hall–Kier alpha value is -2.53. The van der Waals surface area contributed by atoms with Gasteiger partial charge < -0.3 is 15.5 Å². The fourth-order valence-electron chi connectivity index (χ4n) is 2.75. The number of carbonyl (C=O) groups excluding carboxylic acids is 2. The van der Waals surface area contributed by atoms with Crippen molar-refractivity contribution in [3.05, 3.63) is 59.6 Å². The molecule has 1 aliphatic heterocycles. The van der Waals surface area contributed by atoms with Crippen molar-refractivity contribution in [2.45, 2.75) is 6.42 Å². The summed E-state index contributed by atoms with van der Waals surface area (Å²) >= 11 is 5.88. The van der Waals surface area contributed by atoms with E-state index in [1.807, 2.05) is 30.3 Å². The van der Waals surface area contributed by atoms with Crippen molar-refractivity contribution >= 4 is 34.9 Å². The van der Waals surface area contributed by atoms with Crippen molar-refractivity contribution in [2.24, 2.45) is 5.92 Å². The zero-order valence-corrected chi connectivity index (χ0v) is 13.8. The van der Waals surface area contributed by atoms with Gasteiger partial charge in [0.2, 0.25) is 5.91 Å². The summed E-state index contributed by atoms with van der Waals surface area (Å²) in [6, 6.07) is 16.2. The highest BCUT2D eigenvalue weighted by molar-refractivity contribution is 6.30. The van der Waals surface area contributed by atoms with Gasteiger partial charge in [-0.15, -0.1) is 0 Å². The molecular formula is C18H18ClN3O2. The van der Waals surface area contributed by atoms with Gasteiger partial charge in [0.1, 0.15) is 0 Å². The van der Waals surface area contributed by atoms with Crippen LogP contribution >= 0.6 is 11.6 Å². The summed E-state index contributed by atoms with van der Waals surface area (Å²) in [5, 5.41) is 6.10. The van der Waals surface area contributed by atoms with Crippen LogP contribution in [0.1, 0.15) is 6.42 Å². The summed E-state index contributed by atoms with van der Waals surface area (Å²) in [7, 11) is 0. The highest BCUT2D eigenvalue weighted by atomic mass is 35.5. The summed E-state index contributed by atoms with van der Waals surface area (Å²) in [5.74, 6) is 0.186. The summed E-state index contributed by atoms with van der Waals surface area (Å²) in [6.07, 6.45) is 0.437. The number of hydrogen-bond acceptors (Lipinski definition) is 2. The number of hydrogen-bond donors (Lipinski definition) is 2. The molecule has 5 nitrogen and oxygen atoms in total. The highest BCUT2D eigenvalue weighted by Gasteiger charge is 2.30. The molecule has 0 saturated carbocycles. The van der Waals surface area contributed by atoms with Gasteiger partial charge in [0.05, 0.1) is 0 Å². The molecule has 3 rings (SSSR count). The van der Waals surface area contributed by atoms with Gasteiger partial charge in [0, 0.05) is 41.8 Å². The maximum Gasteiger partial charge on any atom is 0.319 e. The van der Waals surface area contributed by atoms with Gasteiger partial charge in [-0.2, -0.15) is 0 Å². The maximum atomic E-state index is 12.1. The van der Waals surface area contributed by atoms with E-state index in [4.69, 9.17) is 11.6 Å². The van der Waals surface area contributed by atoms with Crippen LogP contribution in [0.3, 0.4) is 0 Å². The first kappa shape index (κ1) is 16.3. The second kappa shape index (κ2) is 7.36. The minimum Gasteiger partial charge on any atom is -0.338 e. The van der Waals surface area contributed by atoms with Crippen LogP contribution in [0.15, 0.2) is 54.6 Å². The van der Waals surface area contributed by atoms with Crippen LogP contribution in [-0.2, 0) is 4.79 Å². The molecule has 2 aromatic carbocycles. The lowest BCUT2D eigenvalue weighted by atomic mass is 10.1. The monoisotopic (exact) mass is 343 g/mol. The van der Waals surface area contributed by atoms with Crippen molar-refractivity contribution < 1.29 is 9.59 Å². The molecule has 1 aliphatic rings. The first-order valence-corrected chi connectivity index (χ1v) is 8.15. The Morgan fingerprint density at radius 3 is 2.71 bits per heavy atom. The molecule has 0 spiro atoms. The Morgan fingerprint density at radius 1 is 1.17 bits per heavy atom. The molecule has 1 fully saturated rings. The molecule has 3 amide bonds. The van der Waals surface area contributed by atoms with Crippen molar-refractivity contribution in [3.8, 4) is 0 Å². The molecule has 124 valence electrons. The summed E-state index contributed by atoms with van der Waals surface area (Å²) in [6.45, 7) is 1.06. The Bertz CT molecular complexity index is 736. The lowest BCUT2D eigenvalue weighted by Crippen LogP contribution is -2.34.